The van der Waals surface area contributed by atoms with Crippen LogP contribution in [0.25, 0.3) is 0 Å². The van der Waals surface area contributed by atoms with Crippen LogP contribution in [0.3, 0.4) is 0 Å². The summed E-state index contributed by atoms with van der Waals surface area (Å²) in [5.74, 6) is 0. The molecule has 0 rings (SSSR count). The van der Waals surface area contributed by atoms with Gasteiger partial charge in [-0.25, -0.2) is 0 Å². The maximum absolute atomic E-state index is 9.02. The summed E-state index contributed by atoms with van der Waals surface area (Å²) in [5, 5.41) is 0. The van der Waals surface area contributed by atoms with Gasteiger partial charge in [0, 0.05) is 98.1 Å². The Labute approximate surface area is 124 Å². The molecule has 2 nitrogen and oxygen atoms in total. The Morgan fingerprint density at radius 1 is 0.875 bits per heavy atom. The molecule has 0 aliphatic rings. The van der Waals surface area contributed by atoms with Crippen molar-refractivity contribution in [2.45, 2.75) is 6.42 Å². The first-order valence-electron chi connectivity index (χ1n) is 1.12. The molecule has 3 radical (unpaired) electrons. The standard InChI is InChI=1S/C3H2O2.3Y/c4-2-1-3-5;;;/h1H2;;;/q-2;;;. The first kappa shape index (κ1) is 22.4. The Morgan fingerprint density at radius 3 is 1.12 bits per heavy atom. The molecule has 0 aromatic rings. The molecular weight excluding hydrogens is 335 g/mol. The smallest absolute Gasteiger partial charge is 0 e. The molecule has 0 amide bonds. The summed E-state index contributed by atoms with van der Waals surface area (Å²) in [6.07, 6.45) is 2.47. The largest absolute Gasteiger partial charge is 0.544 e. The average Bonchev–Trinajstić information content (AvgIpc) is 1.41. The van der Waals surface area contributed by atoms with Crippen molar-refractivity contribution >= 4 is 12.6 Å². The molecule has 0 saturated heterocycles. The van der Waals surface area contributed by atoms with E-state index >= 15 is 0 Å². The van der Waals surface area contributed by atoms with E-state index in [1.165, 1.54) is 12.6 Å². The van der Waals surface area contributed by atoms with E-state index in [-0.39, 0.29) is 105 Å². The van der Waals surface area contributed by atoms with Crippen LogP contribution in [-0.2, 0) is 108 Å². The van der Waals surface area contributed by atoms with Crippen LogP contribution in [0.5, 0.6) is 0 Å². The zero-order valence-electron chi connectivity index (χ0n) is 4.26. The summed E-state index contributed by atoms with van der Waals surface area (Å²) in [6, 6.07) is 0. The van der Waals surface area contributed by atoms with Crippen LogP contribution in [0.1, 0.15) is 6.42 Å². The fraction of sp³-hybridized carbons (Fsp3) is 0.333. The van der Waals surface area contributed by atoms with Crippen LogP contribution in [0.2, 0.25) is 0 Å². The normalized spacial score (nSPS) is 4.00. The fourth-order valence-corrected chi connectivity index (χ4v) is 0.0295. The number of carbonyl (C=O) groups excluding carboxylic acids is 2. The zero-order chi connectivity index (χ0) is 4.12. The van der Waals surface area contributed by atoms with Gasteiger partial charge in [-0.05, 0) is 0 Å². The van der Waals surface area contributed by atoms with Crippen molar-refractivity contribution in [2.75, 3.05) is 0 Å². The maximum atomic E-state index is 9.02. The van der Waals surface area contributed by atoms with Gasteiger partial charge in [0.2, 0.25) is 0 Å². The van der Waals surface area contributed by atoms with E-state index in [0.717, 1.165) is 0 Å². The summed E-state index contributed by atoms with van der Waals surface area (Å²) in [4.78, 5) is 18.0. The molecule has 8 heavy (non-hydrogen) atoms. The van der Waals surface area contributed by atoms with E-state index in [9.17, 15) is 0 Å². The second-order valence-corrected chi connectivity index (χ2v) is 0.465. The van der Waals surface area contributed by atoms with Gasteiger partial charge < -0.3 is 9.59 Å². The molecule has 0 aliphatic carbocycles. The average molecular weight is 337 g/mol. The second kappa shape index (κ2) is 22.6. The monoisotopic (exact) mass is 337 g/mol. The molecule has 0 aliphatic heterocycles. The molecule has 0 fully saturated rings. The first-order chi connectivity index (χ1) is 2.41. The molecule has 0 aromatic carbocycles. The molecule has 0 saturated carbocycles. The van der Waals surface area contributed by atoms with Crippen LogP contribution in [0.15, 0.2) is 0 Å². The van der Waals surface area contributed by atoms with E-state index in [1.807, 2.05) is 0 Å². The fourth-order valence-electron chi connectivity index (χ4n) is 0.0295. The molecule has 5 heteroatoms. The minimum absolute atomic E-state index is 0. The molecule has 0 aromatic heterocycles. The second-order valence-electron chi connectivity index (χ2n) is 0.465. The minimum Gasteiger partial charge on any atom is -0.544 e. The Balaban J connectivity index is -0.0000000267. The van der Waals surface area contributed by atoms with Gasteiger partial charge in [0.15, 0.2) is 0 Å². The minimum atomic E-state index is -0.222. The third kappa shape index (κ3) is 23.4. The maximum Gasteiger partial charge on any atom is 0 e. The molecule has 0 atom stereocenters. The predicted octanol–water partition coefficient (Wildman–Crippen LogP) is -0.412. The van der Waals surface area contributed by atoms with E-state index in [0.29, 0.717) is 0 Å². The van der Waals surface area contributed by atoms with Crippen molar-refractivity contribution in [2.24, 2.45) is 0 Å². The van der Waals surface area contributed by atoms with Crippen molar-refractivity contribution in [1.82, 2.24) is 0 Å². The molecule has 0 unspecified atom stereocenters. The van der Waals surface area contributed by atoms with Crippen molar-refractivity contribution in [3.63, 3.8) is 0 Å². The van der Waals surface area contributed by atoms with Crippen molar-refractivity contribution in [1.29, 1.82) is 0 Å². The number of rotatable bonds is 2. The predicted molar refractivity (Wildman–Crippen MR) is 16.0 cm³/mol. The van der Waals surface area contributed by atoms with Gasteiger partial charge in [-0.1, -0.05) is 0 Å². The summed E-state index contributed by atoms with van der Waals surface area (Å²) < 4.78 is 0. The molecule has 0 N–H and O–H groups in total. The van der Waals surface area contributed by atoms with Gasteiger partial charge in [0.1, 0.15) is 0 Å². The van der Waals surface area contributed by atoms with Crippen LogP contribution in [0.4, 0.5) is 0 Å². The van der Waals surface area contributed by atoms with Gasteiger partial charge >= 0.3 is 0 Å². The molecule has 0 bridgehead atoms. The van der Waals surface area contributed by atoms with Gasteiger partial charge in [0.05, 0.1) is 0 Å². The Hall–Kier alpha value is 2.65. The van der Waals surface area contributed by atoms with Crippen molar-refractivity contribution in [3.8, 4) is 0 Å². The Kier molecular flexibility index (Phi) is 63.4. The third-order valence-electron chi connectivity index (χ3n) is 0.144. The van der Waals surface area contributed by atoms with Gasteiger partial charge in [-0.2, -0.15) is 0 Å². The van der Waals surface area contributed by atoms with Crippen LogP contribution in [0, 0.1) is 0 Å². The number of hydrogen-bond donors (Lipinski definition) is 0. The topological polar surface area (TPSA) is 34.1 Å². The van der Waals surface area contributed by atoms with Crippen molar-refractivity contribution < 1.29 is 108 Å². The summed E-state index contributed by atoms with van der Waals surface area (Å²) in [6.45, 7) is 0. The summed E-state index contributed by atoms with van der Waals surface area (Å²) in [7, 11) is 0. The van der Waals surface area contributed by atoms with Crippen LogP contribution >= 0.6 is 0 Å². The molecule has 37 valence electrons. The van der Waals surface area contributed by atoms with E-state index < -0.39 is 0 Å². The van der Waals surface area contributed by atoms with Gasteiger partial charge in [0.25, 0.3) is 0 Å². The zero-order valence-corrected chi connectivity index (χ0v) is 12.8. The summed E-state index contributed by atoms with van der Waals surface area (Å²) >= 11 is 0. The molecule has 0 spiro atoms. The van der Waals surface area contributed by atoms with E-state index in [2.05, 4.69) is 0 Å². The Morgan fingerprint density at radius 2 is 1.12 bits per heavy atom. The SMILES string of the molecule is O=[C-]C[C-]=O.[Y].[Y].[Y]. The van der Waals surface area contributed by atoms with E-state index in [1.54, 1.807) is 0 Å². The first-order valence-corrected chi connectivity index (χ1v) is 1.12. The summed E-state index contributed by atoms with van der Waals surface area (Å²) in [5.41, 5.74) is 0. The number of hydrogen-bond acceptors (Lipinski definition) is 2. The van der Waals surface area contributed by atoms with Crippen LogP contribution in [-0.4, -0.2) is 12.6 Å². The third-order valence-corrected chi connectivity index (χ3v) is 0.144. The van der Waals surface area contributed by atoms with Gasteiger partial charge in [-0.15, -0.1) is 0 Å². The van der Waals surface area contributed by atoms with E-state index in [4.69, 9.17) is 9.59 Å². The van der Waals surface area contributed by atoms with Gasteiger partial charge in [-0.3, -0.25) is 19.0 Å². The molecule has 0 heterocycles. The Bertz CT molecular complexity index is 41.8. The van der Waals surface area contributed by atoms with Crippen LogP contribution < -0.4 is 0 Å². The quantitative estimate of drug-likeness (QED) is 0.507. The molecular formula is C3H2O2Y3-2. The van der Waals surface area contributed by atoms with Crippen molar-refractivity contribution in [3.05, 3.63) is 0 Å².